The minimum atomic E-state index is -3.91. The first-order chi connectivity index (χ1) is 13.5. The van der Waals surface area contributed by atoms with E-state index >= 15 is 0 Å². The number of phosphoric ester groups is 1. The third kappa shape index (κ3) is 14.1. The zero-order valence-corrected chi connectivity index (χ0v) is 18.1. The predicted molar refractivity (Wildman–Crippen MR) is 111 cm³/mol. The predicted octanol–water partition coefficient (Wildman–Crippen LogP) is 5.86. The third-order valence-electron chi connectivity index (χ3n) is 4.47. The SMILES string of the molecule is CCCCC/C=C\C/C=C\CCCCCCCC(=O)OCC1COP(=O)(O)O1. The van der Waals surface area contributed by atoms with E-state index in [1.807, 2.05) is 0 Å². The second-order valence-corrected chi connectivity index (χ2v) is 8.56. The summed E-state index contributed by atoms with van der Waals surface area (Å²) in [5.41, 5.74) is 0. The highest BCUT2D eigenvalue weighted by atomic mass is 31.2. The van der Waals surface area contributed by atoms with E-state index in [0.29, 0.717) is 6.42 Å². The molecule has 0 aromatic heterocycles. The van der Waals surface area contributed by atoms with Crippen molar-refractivity contribution in [2.75, 3.05) is 13.2 Å². The van der Waals surface area contributed by atoms with Gasteiger partial charge in [0.05, 0.1) is 6.61 Å². The van der Waals surface area contributed by atoms with Crippen molar-refractivity contribution in [3.05, 3.63) is 24.3 Å². The lowest BCUT2D eigenvalue weighted by Crippen LogP contribution is -2.20. The normalized spacial score (nSPS) is 22.4. The van der Waals surface area contributed by atoms with Gasteiger partial charge < -0.3 is 9.63 Å². The molecule has 0 bridgehead atoms. The number of carbonyl (C=O) groups is 1. The highest BCUT2D eigenvalue weighted by Gasteiger charge is 2.35. The lowest BCUT2D eigenvalue weighted by Gasteiger charge is -2.08. The summed E-state index contributed by atoms with van der Waals surface area (Å²) in [6.45, 7) is 2.17. The fourth-order valence-corrected chi connectivity index (χ4v) is 3.76. The lowest BCUT2D eigenvalue weighted by molar-refractivity contribution is -0.146. The van der Waals surface area contributed by atoms with E-state index in [-0.39, 0.29) is 19.2 Å². The summed E-state index contributed by atoms with van der Waals surface area (Å²) in [7, 11) is -3.91. The molecule has 162 valence electrons. The zero-order chi connectivity index (χ0) is 20.5. The summed E-state index contributed by atoms with van der Waals surface area (Å²) in [5, 5.41) is 0. The molecule has 0 aliphatic carbocycles. The molecule has 0 amide bonds. The van der Waals surface area contributed by atoms with Crippen molar-refractivity contribution in [3.63, 3.8) is 0 Å². The van der Waals surface area contributed by atoms with Gasteiger partial charge >= 0.3 is 13.8 Å². The van der Waals surface area contributed by atoms with E-state index in [2.05, 4.69) is 35.8 Å². The average Bonchev–Trinajstić information content (AvgIpc) is 3.02. The summed E-state index contributed by atoms with van der Waals surface area (Å²) in [6, 6.07) is 0. The molecule has 1 aliphatic heterocycles. The maximum absolute atomic E-state index is 11.6. The lowest BCUT2D eigenvalue weighted by atomic mass is 10.1. The maximum atomic E-state index is 11.6. The van der Waals surface area contributed by atoms with Crippen LogP contribution in [0.2, 0.25) is 0 Å². The van der Waals surface area contributed by atoms with E-state index in [4.69, 9.17) is 14.2 Å². The molecule has 1 N–H and O–H groups in total. The molecule has 2 unspecified atom stereocenters. The van der Waals surface area contributed by atoms with Gasteiger partial charge in [0, 0.05) is 6.42 Å². The average molecular weight is 416 g/mol. The van der Waals surface area contributed by atoms with Gasteiger partial charge in [0.1, 0.15) is 12.7 Å². The number of hydrogen-bond donors (Lipinski definition) is 1. The standard InChI is InChI=1S/C21H37O6P/c1-2-3-4-5-6-7-8-9-10-11-12-13-14-15-16-17-21(22)25-18-20-19-26-28(23,24)27-20/h6-7,9-10,20H,2-5,8,11-19H2,1H3,(H,23,24)/b7-6-,10-9-. The Morgan fingerprint density at radius 2 is 1.68 bits per heavy atom. The molecule has 1 heterocycles. The van der Waals surface area contributed by atoms with Crippen LogP contribution in [0.5, 0.6) is 0 Å². The van der Waals surface area contributed by atoms with Crippen molar-refractivity contribution in [2.45, 2.75) is 90.1 Å². The molecule has 1 rings (SSSR count). The topological polar surface area (TPSA) is 82.1 Å². The van der Waals surface area contributed by atoms with E-state index in [1.165, 1.54) is 38.5 Å². The summed E-state index contributed by atoms with van der Waals surface area (Å²) in [5.74, 6) is -0.297. The first-order valence-corrected chi connectivity index (χ1v) is 12.1. The van der Waals surface area contributed by atoms with E-state index < -0.39 is 13.9 Å². The van der Waals surface area contributed by atoms with Gasteiger partial charge in [-0.05, 0) is 38.5 Å². The van der Waals surface area contributed by atoms with Crippen molar-refractivity contribution in [2.24, 2.45) is 0 Å². The van der Waals surface area contributed by atoms with Crippen LogP contribution in [0.15, 0.2) is 24.3 Å². The molecule has 6 nitrogen and oxygen atoms in total. The molecule has 0 spiro atoms. The Bertz CT molecular complexity index is 517. The molecule has 0 aromatic rings. The van der Waals surface area contributed by atoms with Gasteiger partial charge in [-0.2, -0.15) is 0 Å². The van der Waals surface area contributed by atoms with Gasteiger partial charge in [0.2, 0.25) is 0 Å². The first kappa shape index (κ1) is 25.1. The summed E-state index contributed by atoms with van der Waals surface area (Å²) in [4.78, 5) is 20.7. The van der Waals surface area contributed by atoms with E-state index in [1.54, 1.807) is 0 Å². The van der Waals surface area contributed by atoms with Crippen LogP contribution in [-0.4, -0.2) is 30.2 Å². The number of ether oxygens (including phenoxy) is 1. The van der Waals surface area contributed by atoms with Gasteiger partial charge in [-0.25, -0.2) is 4.57 Å². The minimum absolute atomic E-state index is 0.0231. The first-order valence-electron chi connectivity index (χ1n) is 10.6. The van der Waals surface area contributed by atoms with Gasteiger partial charge in [-0.3, -0.25) is 13.8 Å². The van der Waals surface area contributed by atoms with Gasteiger partial charge in [0.15, 0.2) is 0 Å². The molecular formula is C21H37O6P. The molecule has 0 radical (unpaired) electrons. The van der Waals surface area contributed by atoms with Crippen molar-refractivity contribution in [3.8, 4) is 0 Å². The molecule has 1 saturated heterocycles. The van der Waals surface area contributed by atoms with E-state index in [0.717, 1.165) is 32.1 Å². The van der Waals surface area contributed by atoms with Crippen LogP contribution in [0, 0.1) is 0 Å². The fraction of sp³-hybridized carbons (Fsp3) is 0.762. The summed E-state index contributed by atoms with van der Waals surface area (Å²) < 4.78 is 25.4. The largest absolute Gasteiger partial charge is 0.472 e. The van der Waals surface area contributed by atoms with Crippen molar-refractivity contribution in [1.82, 2.24) is 0 Å². The van der Waals surface area contributed by atoms with Crippen LogP contribution >= 0.6 is 7.82 Å². The van der Waals surface area contributed by atoms with Crippen LogP contribution < -0.4 is 0 Å². The second-order valence-electron chi connectivity index (χ2n) is 7.16. The monoisotopic (exact) mass is 416 g/mol. The Morgan fingerprint density at radius 3 is 2.32 bits per heavy atom. The number of unbranched alkanes of at least 4 members (excludes halogenated alkanes) is 8. The molecule has 0 aromatic carbocycles. The van der Waals surface area contributed by atoms with Crippen LogP contribution in [0.4, 0.5) is 0 Å². The highest BCUT2D eigenvalue weighted by Crippen LogP contribution is 2.49. The molecule has 1 fully saturated rings. The Kier molecular flexibility index (Phi) is 14.3. The van der Waals surface area contributed by atoms with Crippen molar-refractivity contribution in [1.29, 1.82) is 0 Å². The Morgan fingerprint density at radius 1 is 1.04 bits per heavy atom. The van der Waals surface area contributed by atoms with Crippen LogP contribution in [0.1, 0.15) is 84.0 Å². The number of carbonyl (C=O) groups excluding carboxylic acids is 1. The molecule has 7 heteroatoms. The molecule has 1 aliphatic rings. The van der Waals surface area contributed by atoms with Crippen molar-refractivity contribution < 1.29 is 28.0 Å². The van der Waals surface area contributed by atoms with Gasteiger partial charge in [0.25, 0.3) is 0 Å². The van der Waals surface area contributed by atoms with Gasteiger partial charge in [-0.1, -0.05) is 63.3 Å². The second kappa shape index (κ2) is 15.9. The van der Waals surface area contributed by atoms with E-state index in [9.17, 15) is 9.36 Å². The minimum Gasteiger partial charge on any atom is -0.463 e. The smallest absolute Gasteiger partial charge is 0.463 e. The molecule has 28 heavy (non-hydrogen) atoms. The highest BCUT2D eigenvalue weighted by molar-refractivity contribution is 7.47. The Balaban J connectivity index is 1.85. The fourth-order valence-electron chi connectivity index (χ4n) is 2.84. The Hall–Kier alpha value is -0.940. The quantitative estimate of drug-likeness (QED) is 0.147. The summed E-state index contributed by atoms with van der Waals surface area (Å²) in [6.07, 6.45) is 21.3. The number of allylic oxidation sites excluding steroid dienone is 4. The third-order valence-corrected chi connectivity index (χ3v) is 5.51. The Labute approximate surface area is 169 Å². The van der Waals surface area contributed by atoms with Crippen LogP contribution in [0.3, 0.4) is 0 Å². The number of hydrogen-bond acceptors (Lipinski definition) is 5. The maximum Gasteiger partial charge on any atom is 0.472 e. The number of rotatable bonds is 16. The van der Waals surface area contributed by atoms with Crippen molar-refractivity contribution >= 4 is 13.8 Å². The number of esters is 1. The van der Waals surface area contributed by atoms with Crippen LogP contribution in [0.25, 0.3) is 0 Å². The molecule has 2 atom stereocenters. The number of phosphoric acid groups is 1. The zero-order valence-electron chi connectivity index (χ0n) is 17.2. The summed E-state index contributed by atoms with van der Waals surface area (Å²) >= 11 is 0. The molecule has 0 saturated carbocycles. The molecular weight excluding hydrogens is 379 g/mol. The van der Waals surface area contributed by atoms with Crippen LogP contribution in [-0.2, 0) is 23.1 Å². The van der Waals surface area contributed by atoms with Gasteiger partial charge in [-0.15, -0.1) is 0 Å².